The van der Waals surface area contributed by atoms with E-state index < -0.39 is 6.10 Å². The van der Waals surface area contributed by atoms with Crippen LogP contribution in [-0.2, 0) is 0 Å². The van der Waals surface area contributed by atoms with Gasteiger partial charge in [-0.25, -0.2) is 0 Å². The molecule has 1 unspecified atom stereocenters. The van der Waals surface area contributed by atoms with Crippen molar-refractivity contribution in [2.75, 3.05) is 0 Å². The molecule has 0 spiro atoms. The first-order valence-corrected chi connectivity index (χ1v) is 5.65. The second-order valence-corrected chi connectivity index (χ2v) is 4.15. The smallest absolute Gasteiger partial charge is 0.137 e. The van der Waals surface area contributed by atoms with Gasteiger partial charge < -0.3 is 14.3 Å². The number of furan rings is 1. The fourth-order valence-electron chi connectivity index (χ4n) is 1.61. The van der Waals surface area contributed by atoms with Crippen LogP contribution in [0.25, 0.3) is 0 Å². The summed E-state index contributed by atoms with van der Waals surface area (Å²) in [5.74, 6) is 1.35. The maximum atomic E-state index is 10.0. The van der Waals surface area contributed by atoms with E-state index in [0.29, 0.717) is 5.76 Å². The predicted molar refractivity (Wildman–Crippen MR) is 65.0 cm³/mol. The number of aliphatic hydroxyl groups is 1. The molecule has 1 N–H and O–H groups in total. The summed E-state index contributed by atoms with van der Waals surface area (Å²) in [6.45, 7) is 3.96. The van der Waals surface area contributed by atoms with Crippen molar-refractivity contribution in [3.05, 3.63) is 54.0 Å². The summed E-state index contributed by atoms with van der Waals surface area (Å²) in [7, 11) is 0. The van der Waals surface area contributed by atoms with Crippen LogP contribution in [0.5, 0.6) is 5.75 Å². The molecule has 0 saturated heterocycles. The molecule has 0 bridgehead atoms. The molecule has 3 nitrogen and oxygen atoms in total. The van der Waals surface area contributed by atoms with Crippen LogP contribution in [0.15, 0.2) is 47.1 Å². The van der Waals surface area contributed by atoms with Gasteiger partial charge in [-0.3, -0.25) is 0 Å². The zero-order valence-electron chi connectivity index (χ0n) is 9.96. The van der Waals surface area contributed by atoms with Gasteiger partial charge in [-0.1, -0.05) is 12.1 Å². The van der Waals surface area contributed by atoms with Gasteiger partial charge in [-0.05, 0) is 43.7 Å². The summed E-state index contributed by atoms with van der Waals surface area (Å²) < 4.78 is 10.7. The van der Waals surface area contributed by atoms with Crippen LogP contribution in [0, 0.1) is 0 Å². The standard InChI is InChI=1S/C14H16O3/c1-10(2)17-12-7-5-11(6-8-12)14(15)13-4-3-9-16-13/h3-10,14-15H,1-2H3. The van der Waals surface area contributed by atoms with Gasteiger partial charge in [0.05, 0.1) is 12.4 Å². The fraction of sp³-hybridized carbons (Fsp3) is 0.286. The minimum atomic E-state index is -0.724. The molecule has 0 radical (unpaired) electrons. The van der Waals surface area contributed by atoms with E-state index in [1.807, 2.05) is 38.1 Å². The van der Waals surface area contributed by atoms with Crippen LogP contribution in [0.1, 0.15) is 31.3 Å². The van der Waals surface area contributed by atoms with E-state index in [-0.39, 0.29) is 6.10 Å². The molecular weight excluding hydrogens is 216 g/mol. The van der Waals surface area contributed by atoms with Gasteiger partial charge in [0.25, 0.3) is 0 Å². The Kier molecular flexibility index (Phi) is 3.49. The highest BCUT2D eigenvalue weighted by Crippen LogP contribution is 2.24. The molecule has 0 fully saturated rings. The minimum absolute atomic E-state index is 0.149. The van der Waals surface area contributed by atoms with E-state index >= 15 is 0 Å². The molecule has 1 heterocycles. The lowest BCUT2D eigenvalue weighted by molar-refractivity contribution is 0.189. The second kappa shape index (κ2) is 5.06. The normalized spacial score (nSPS) is 12.7. The first kappa shape index (κ1) is 11.7. The van der Waals surface area contributed by atoms with Gasteiger partial charge in [0.2, 0.25) is 0 Å². The van der Waals surface area contributed by atoms with Gasteiger partial charge in [0.15, 0.2) is 0 Å². The highest BCUT2D eigenvalue weighted by molar-refractivity contribution is 5.31. The third-order valence-electron chi connectivity index (χ3n) is 2.38. The van der Waals surface area contributed by atoms with E-state index in [9.17, 15) is 5.11 Å². The van der Waals surface area contributed by atoms with Crippen molar-refractivity contribution < 1.29 is 14.3 Å². The molecule has 2 rings (SSSR count). The third kappa shape index (κ3) is 2.88. The lowest BCUT2D eigenvalue weighted by Gasteiger charge is -2.12. The molecule has 90 valence electrons. The van der Waals surface area contributed by atoms with E-state index in [2.05, 4.69) is 0 Å². The van der Waals surface area contributed by atoms with Crippen molar-refractivity contribution in [3.63, 3.8) is 0 Å². The number of aliphatic hydroxyl groups excluding tert-OH is 1. The molecule has 0 aliphatic heterocycles. The molecule has 0 aliphatic rings. The van der Waals surface area contributed by atoms with Gasteiger partial charge in [-0.15, -0.1) is 0 Å². The Labute approximate surface area is 101 Å². The van der Waals surface area contributed by atoms with Gasteiger partial charge in [0.1, 0.15) is 17.6 Å². The van der Waals surface area contributed by atoms with Crippen LogP contribution in [0.4, 0.5) is 0 Å². The Bertz CT molecular complexity index is 443. The van der Waals surface area contributed by atoms with Crippen molar-refractivity contribution in [3.8, 4) is 5.75 Å². The minimum Gasteiger partial charge on any atom is -0.491 e. The zero-order valence-corrected chi connectivity index (χ0v) is 9.96. The van der Waals surface area contributed by atoms with Crippen LogP contribution < -0.4 is 4.74 Å². The van der Waals surface area contributed by atoms with Crippen molar-refractivity contribution >= 4 is 0 Å². The Morgan fingerprint density at radius 3 is 2.35 bits per heavy atom. The van der Waals surface area contributed by atoms with Crippen LogP contribution >= 0.6 is 0 Å². The largest absolute Gasteiger partial charge is 0.491 e. The molecule has 3 heteroatoms. The maximum absolute atomic E-state index is 10.0. The van der Waals surface area contributed by atoms with Crippen molar-refractivity contribution in [2.45, 2.75) is 26.1 Å². The van der Waals surface area contributed by atoms with Crippen molar-refractivity contribution in [1.29, 1.82) is 0 Å². The molecule has 1 atom stereocenters. The number of ether oxygens (including phenoxy) is 1. The Morgan fingerprint density at radius 2 is 1.82 bits per heavy atom. The van der Waals surface area contributed by atoms with E-state index in [1.54, 1.807) is 18.4 Å². The highest BCUT2D eigenvalue weighted by Gasteiger charge is 2.12. The summed E-state index contributed by atoms with van der Waals surface area (Å²) in [4.78, 5) is 0. The first-order chi connectivity index (χ1) is 8.16. The Balaban J connectivity index is 2.12. The average molecular weight is 232 g/mol. The van der Waals surface area contributed by atoms with E-state index in [1.165, 1.54) is 0 Å². The van der Waals surface area contributed by atoms with Crippen molar-refractivity contribution in [1.82, 2.24) is 0 Å². The number of benzene rings is 1. The molecule has 0 amide bonds. The van der Waals surface area contributed by atoms with Crippen molar-refractivity contribution in [2.24, 2.45) is 0 Å². The molecule has 1 aromatic carbocycles. The monoisotopic (exact) mass is 232 g/mol. The molecule has 0 aliphatic carbocycles. The quantitative estimate of drug-likeness (QED) is 0.880. The molecule has 17 heavy (non-hydrogen) atoms. The second-order valence-electron chi connectivity index (χ2n) is 4.15. The van der Waals surface area contributed by atoms with E-state index in [0.717, 1.165) is 11.3 Å². The zero-order chi connectivity index (χ0) is 12.3. The summed E-state index contributed by atoms with van der Waals surface area (Å²) in [5.41, 5.74) is 0.788. The van der Waals surface area contributed by atoms with Crippen LogP contribution in [0.3, 0.4) is 0 Å². The Hall–Kier alpha value is -1.74. The molecule has 0 saturated carbocycles. The maximum Gasteiger partial charge on any atom is 0.137 e. The SMILES string of the molecule is CC(C)Oc1ccc(C(O)c2ccco2)cc1. The predicted octanol–water partition coefficient (Wildman–Crippen LogP) is 3.15. The lowest BCUT2D eigenvalue weighted by atomic mass is 10.1. The molecule has 1 aromatic heterocycles. The number of hydrogen-bond donors (Lipinski definition) is 1. The van der Waals surface area contributed by atoms with E-state index in [4.69, 9.17) is 9.15 Å². The average Bonchev–Trinajstić information content (AvgIpc) is 2.82. The summed E-state index contributed by atoms with van der Waals surface area (Å²) >= 11 is 0. The first-order valence-electron chi connectivity index (χ1n) is 5.65. The van der Waals surface area contributed by atoms with Gasteiger partial charge in [0, 0.05) is 0 Å². The lowest BCUT2D eigenvalue weighted by Crippen LogP contribution is -2.05. The molecule has 2 aromatic rings. The third-order valence-corrected chi connectivity index (χ3v) is 2.38. The van der Waals surface area contributed by atoms with Crippen LogP contribution in [0.2, 0.25) is 0 Å². The number of hydrogen-bond acceptors (Lipinski definition) is 3. The molecular formula is C14H16O3. The topological polar surface area (TPSA) is 42.6 Å². The summed E-state index contributed by atoms with van der Waals surface area (Å²) in [5, 5.41) is 10.0. The number of rotatable bonds is 4. The van der Waals surface area contributed by atoms with Gasteiger partial charge in [-0.2, -0.15) is 0 Å². The van der Waals surface area contributed by atoms with Gasteiger partial charge >= 0.3 is 0 Å². The summed E-state index contributed by atoms with van der Waals surface area (Å²) in [6.07, 6.45) is 0.975. The summed E-state index contributed by atoms with van der Waals surface area (Å²) in [6, 6.07) is 10.9. The van der Waals surface area contributed by atoms with Crippen LogP contribution in [-0.4, -0.2) is 11.2 Å². The Morgan fingerprint density at radius 1 is 1.12 bits per heavy atom. The fourth-order valence-corrected chi connectivity index (χ4v) is 1.61. The highest BCUT2D eigenvalue weighted by atomic mass is 16.5.